The van der Waals surface area contributed by atoms with E-state index in [4.69, 9.17) is 22.3 Å². The molecule has 0 bridgehead atoms. The van der Waals surface area contributed by atoms with Crippen LogP contribution in [-0.2, 0) is 6.54 Å². The first-order valence-corrected chi connectivity index (χ1v) is 13.4. The second-order valence-electron chi connectivity index (χ2n) is 9.96. The van der Waals surface area contributed by atoms with Crippen molar-refractivity contribution in [3.63, 3.8) is 0 Å². The fourth-order valence-electron chi connectivity index (χ4n) is 5.44. The minimum Gasteiger partial charge on any atom is -0.399 e. The third-order valence-corrected chi connectivity index (χ3v) is 7.71. The molecular weight excluding hydrogens is 510 g/mol. The third kappa shape index (κ3) is 5.13. The first-order valence-electron chi connectivity index (χ1n) is 13.0. The highest BCUT2D eigenvalue weighted by Gasteiger charge is 2.33. The number of imidazole rings is 1. The lowest BCUT2D eigenvalue weighted by Gasteiger charge is -2.39. The first-order chi connectivity index (χ1) is 19.0. The van der Waals surface area contributed by atoms with Crippen molar-refractivity contribution in [3.8, 4) is 0 Å². The van der Waals surface area contributed by atoms with Crippen LogP contribution in [0.4, 0.5) is 16.2 Å². The molecule has 198 valence electrons. The van der Waals surface area contributed by atoms with Gasteiger partial charge in [0.05, 0.1) is 16.8 Å². The summed E-state index contributed by atoms with van der Waals surface area (Å²) in [4.78, 5) is 26.6. The SMILES string of the molecule is Cc1nccn1CC1=Cc2ccccc2C(N2CCN(C(=O)Nc3ccc(N)cc3)CC2)c2ncc(Cl)cc21. The molecule has 2 aromatic heterocycles. The third-order valence-electron chi connectivity index (χ3n) is 7.50. The van der Waals surface area contributed by atoms with Gasteiger partial charge in [-0.25, -0.2) is 9.78 Å². The Hall–Kier alpha value is -4.14. The van der Waals surface area contributed by atoms with Crippen molar-refractivity contribution in [1.29, 1.82) is 0 Å². The standard InChI is InChI=1S/C30H30ClN7O/c1-20-33-10-11-38(20)19-22-16-21-4-2-3-5-26(21)29(28-27(22)17-23(31)18-34-28)36-12-14-37(15-13-36)30(39)35-25-8-6-24(32)7-9-25/h2-11,16-18,29H,12-15,19,32H2,1H3,(H,35,39). The topological polar surface area (TPSA) is 92.3 Å². The number of carbonyl (C=O) groups excluding carboxylic acids is 1. The fourth-order valence-corrected chi connectivity index (χ4v) is 5.59. The van der Waals surface area contributed by atoms with Crippen LogP contribution in [0.25, 0.3) is 11.6 Å². The number of allylic oxidation sites excluding steroid dienone is 1. The van der Waals surface area contributed by atoms with Crippen LogP contribution in [0.2, 0.25) is 5.02 Å². The van der Waals surface area contributed by atoms with Crippen molar-refractivity contribution in [1.82, 2.24) is 24.3 Å². The number of pyridine rings is 1. The molecule has 2 amide bonds. The molecule has 3 N–H and O–H groups in total. The van der Waals surface area contributed by atoms with E-state index < -0.39 is 0 Å². The zero-order valence-electron chi connectivity index (χ0n) is 21.7. The molecular formula is C30H30ClN7O. The van der Waals surface area contributed by atoms with E-state index in [1.807, 2.05) is 42.4 Å². The monoisotopic (exact) mass is 539 g/mol. The van der Waals surface area contributed by atoms with Gasteiger partial charge in [0.15, 0.2) is 0 Å². The number of hydrogen-bond donors (Lipinski definition) is 2. The predicted octanol–water partition coefficient (Wildman–Crippen LogP) is 5.32. The van der Waals surface area contributed by atoms with E-state index in [9.17, 15) is 4.79 Å². The van der Waals surface area contributed by atoms with E-state index in [-0.39, 0.29) is 12.1 Å². The molecule has 1 unspecified atom stereocenters. The summed E-state index contributed by atoms with van der Waals surface area (Å²) >= 11 is 6.50. The summed E-state index contributed by atoms with van der Waals surface area (Å²) in [6, 6.07) is 17.5. The molecule has 3 heterocycles. The maximum absolute atomic E-state index is 13.0. The quantitative estimate of drug-likeness (QED) is 0.343. The number of halogens is 1. The molecule has 0 spiro atoms. The number of fused-ring (bicyclic) bond motifs is 2. The molecule has 4 aromatic rings. The minimum atomic E-state index is -0.106. The number of rotatable bonds is 4. The normalized spacial score (nSPS) is 17.1. The molecule has 8 nitrogen and oxygen atoms in total. The molecule has 1 aliphatic heterocycles. The lowest BCUT2D eigenvalue weighted by Crippen LogP contribution is -2.51. The van der Waals surface area contributed by atoms with Crippen molar-refractivity contribution in [2.75, 3.05) is 37.2 Å². The molecule has 1 aliphatic carbocycles. The average molecular weight is 540 g/mol. The van der Waals surface area contributed by atoms with Crippen LogP contribution in [0.3, 0.4) is 0 Å². The largest absolute Gasteiger partial charge is 0.399 e. The Bertz CT molecular complexity index is 1540. The van der Waals surface area contributed by atoms with Gasteiger partial charge in [-0.2, -0.15) is 0 Å². The number of nitrogens with one attached hydrogen (secondary N) is 1. The van der Waals surface area contributed by atoms with Crippen molar-refractivity contribution in [2.45, 2.75) is 19.5 Å². The van der Waals surface area contributed by atoms with Crippen molar-refractivity contribution in [2.24, 2.45) is 0 Å². The Kier molecular flexibility index (Phi) is 6.81. The van der Waals surface area contributed by atoms with Gasteiger partial charge in [0.1, 0.15) is 5.82 Å². The van der Waals surface area contributed by atoms with Crippen LogP contribution < -0.4 is 11.1 Å². The summed E-state index contributed by atoms with van der Waals surface area (Å²) in [5.41, 5.74) is 12.7. The number of nitrogen functional groups attached to an aromatic ring is 1. The summed E-state index contributed by atoms with van der Waals surface area (Å²) in [5, 5.41) is 3.59. The highest BCUT2D eigenvalue weighted by Crippen LogP contribution is 2.40. The van der Waals surface area contributed by atoms with Gasteiger partial charge in [-0.3, -0.25) is 9.88 Å². The van der Waals surface area contributed by atoms with Gasteiger partial charge in [0, 0.05) is 68.3 Å². The maximum atomic E-state index is 13.0. The average Bonchev–Trinajstić information content (AvgIpc) is 3.29. The van der Waals surface area contributed by atoms with Crippen LogP contribution >= 0.6 is 11.6 Å². The van der Waals surface area contributed by atoms with Gasteiger partial charge in [-0.05, 0) is 60.0 Å². The minimum absolute atomic E-state index is 0.0617. The second kappa shape index (κ2) is 10.6. The molecule has 6 rings (SSSR count). The van der Waals surface area contributed by atoms with E-state index in [1.165, 1.54) is 5.56 Å². The Morgan fingerprint density at radius 3 is 2.59 bits per heavy atom. The first kappa shape index (κ1) is 25.2. The number of piperazine rings is 1. The molecule has 0 radical (unpaired) electrons. The van der Waals surface area contributed by atoms with Gasteiger partial charge in [-0.15, -0.1) is 0 Å². The number of aryl methyl sites for hydroxylation is 1. The summed E-state index contributed by atoms with van der Waals surface area (Å²) in [6.45, 7) is 5.32. The van der Waals surface area contributed by atoms with E-state index in [1.54, 1.807) is 18.3 Å². The maximum Gasteiger partial charge on any atom is 0.321 e. The Labute approximate surface area is 232 Å². The number of benzene rings is 2. The predicted molar refractivity (Wildman–Crippen MR) is 155 cm³/mol. The second-order valence-corrected chi connectivity index (χ2v) is 10.4. The summed E-state index contributed by atoms with van der Waals surface area (Å²) < 4.78 is 2.14. The van der Waals surface area contributed by atoms with Crippen molar-refractivity contribution in [3.05, 3.63) is 106 Å². The van der Waals surface area contributed by atoms with Crippen LogP contribution in [0.15, 0.2) is 73.2 Å². The van der Waals surface area contributed by atoms with Crippen LogP contribution in [0.5, 0.6) is 0 Å². The van der Waals surface area contributed by atoms with Crippen LogP contribution in [-0.4, -0.2) is 56.5 Å². The fraction of sp³-hybridized carbons (Fsp3) is 0.233. The number of hydrogen-bond acceptors (Lipinski definition) is 5. The van der Waals surface area contributed by atoms with Crippen LogP contribution in [0, 0.1) is 6.92 Å². The van der Waals surface area contributed by atoms with Crippen molar-refractivity contribution < 1.29 is 4.79 Å². The van der Waals surface area contributed by atoms with Gasteiger partial charge >= 0.3 is 6.03 Å². The molecule has 2 aliphatic rings. The number of carbonyl (C=O) groups is 1. The lowest BCUT2D eigenvalue weighted by atomic mass is 9.95. The smallest absolute Gasteiger partial charge is 0.321 e. The van der Waals surface area contributed by atoms with Crippen molar-refractivity contribution >= 4 is 40.7 Å². The number of anilines is 2. The van der Waals surface area contributed by atoms with E-state index in [0.29, 0.717) is 43.4 Å². The highest BCUT2D eigenvalue weighted by molar-refractivity contribution is 6.30. The molecule has 9 heteroatoms. The summed E-state index contributed by atoms with van der Waals surface area (Å²) in [6.07, 6.45) is 7.81. The number of amides is 2. The zero-order valence-corrected chi connectivity index (χ0v) is 22.5. The zero-order chi connectivity index (χ0) is 26.9. The molecule has 39 heavy (non-hydrogen) atoms. The van der Waals surface area contributed by atoms with Gasteiger partial charge in [-0.1, -0.05) is 35.9 Å². The summed E-state index contributed by atoms with van der Waals surface area (Å²) in [5.74, 6) is 0.954. The number of nitrogens with zero attached hydrogens (tertiary/aromatic N) is 5. The van der Waals surface area contributed by atoms with Gasteiger partial charge in [0.2, 0.25) is 0 Å². The Morgan fingerprint density at radius 1 is 1.08 bits per heavy atom. The van der Waals surface area contributed by atoms with E-state index in [2.05, 4.69) is 50.1 Å². The van der Waals surface area contributed by atoms with E-state index in [0.717, 1.165) is 33.9 Å². The molecule has 1 saturated heterocycles. The number of aromatic nitrogens is 3. The number of urea groups is 1. The molecule has 1 fully saturated rings. The Balaban J connectivity index is 1.29. The highest BCUT2D eigenvalue weighted by atomic mass is 35.5. The Morgan fingerprint density at radius 2 is 1.85 bits per heavy atom. The number of nitrogens with two attached hydrogens (primary N) is 1. The summed E-state index contributed by atoms with van der Waals surface area (Å²) in [7, 11) is 0. The van der Waals surface area contributed by atoms with E-state index >= 15 is 0 Å². The molecule has 1 atom stereocenters. The lowest BCUT2D eigenvalue weighted by molar-refractivity contribution is 0.125. The van der Waals surface area contributed by atoms with Gasteiger partial charge in [0.25, 0.3) is 0 Å². The van der Waals surface area contributed by atoms with Gasteiger partial charge < -0.3 is 20.5 Å². The van der Waals surface area contributed by atoms with Crippen LogP contribution in [0.1, 0.15) is 34.3 Å². The molecule has 0 saturated carbocycles. The molecule has 2 aromatic carbocycles.